The van der Waals surface area contributed by atoms with Crippen LogP contribution in [0.1, 0.15) is 38.3 Å². The van der Waals surface area contributed by atoms with Gasteiger partial charge in [0.25, 0.3) is 10.0 Å². The van der Waals surface area contributed by atoms with E-state index in [2.05, 4.69) is 21.2 Å². The highest BCUT2D eigenvalue weighted by Crippen LogP contribution is 2.27. The molecule has 11 heteroatoms. The fourth-order valence-electron chi connectivity index (χ4n) is 3.86. The molecule has 3 rings (SSSR count). The van der Waals surface area contributed by atoms with Crippen LogP contribution >= 0.6 is 39.1 Å². The molecule has 0 unspecified atom stereocenters. The summed E-state index contributed by atoms with van der Waals surface area (Å²) in [7, 11) is -4.13. The molecule has 0 radical (unpaired) electrons. The van der Waals surface area contributed by atoms with Crippen molar-refractivity contribution in [3.05, 3.63) is 92.4 Å². The maximum Gasteiger partial charge on any atom is 0.264 e. The summed E-state index contributed by atoms with van der Waals surface area (Å²) in [6.07, 6.45) is 0.714. The number of aryl methyl sites for hydroxylation is 1. The first-order chi connectivity index (χ1) is 18.8. The highest BCUT2D eigenvalue weighted by atomic mass is 79.9. The SMILES string of the molecule is CC[C@@H](C)NC(=O)[C@H](C)N(Cc1ccc(Cl)c(Cl)c1)C(=O)CN(c1ccc(Br)cc1)S(=O)(=O)c1ccc(C)cc1. The first-order valence-electron chi connectivity index (χ1n) is 12.7. The fourth-order valence-corrected chi connectivity index (χ4v) is 5.86. The third-order valence-electron chi connectivity index (χ3n) is 6.51. The highest BCUT2D eigenvalue weighted by Gasteiger charge is 2.32. The van der Waals surface area contributed by atoms with Crippen molar-refractivity contribution in [2.24, 2.45) is 0 Å². The quantitative estimate of drug-likeness (QED) is 0.250. The number of nitrogens with zero attached hydrogens (tertiary/aromatic N) is 2. The van der Waals surface area contributed by atoms with Gasteiger partial charge in [0.05, 0.1) is 20.6 Å². The Hall–Kier alpha value is -2.59. The molecule has 2 atom stereocenters. The molecule has 1 N–H and O–H groups in total. The number of rotatable bonds is 11. The lowest BCUT2D eigenvalue weighted by Gasteiger charge is -2.32. The normalized spacial score (nSPS) is 12.9. The van der Waals surface area contributed by atoms with Gasteiger partial charge in [-0.3, -0.25) is 13.9 Å². The zero-order chi connectivity index (χ0) is 29.6. The largest absolute Gasteiger partial charge is 0.352 e. The van der Waals surface area contributed by atoms with E-state index in [0.29, 0.717) is 27.7 Å². The molecule has 3 aromatic carbocycles. The Morgan fingerprint density at radius 2 is 1.57 bits per heavy atom. The number of hydrogen-bond acceptors (Lipinski definition) is 4. The Morgan fingerprint density at radius 1 is 0.950 bits per heavy atom. The van der Waals surface area contributed by atoms with Gasteiger partial charge in [-0.25, -0.2) is 8.42 Å². The van der Waals surface area contributed by atoms with Gasteiger partial charge < -0.3 is 10.2 Å². The van der Waals surface area contributed by atoms with Crippen molar-refractivity contribution in [1.82, 2.24) is 10.2 Å². The molecule has 0 bridgehead atoms. The highest BCUT2D eigenvalue weighted by molar-refractivity contribution is 9.10. The molecular formula is C29H32BrCl2N3O4S. The van der Waals surface area contributed by atoms with Gasteiger partial charge in [0, 0.05) is 17.1 Å². The molecule has 214 valence electrons. The molecule has 40 heavy (non-hydrogen) atoms. The molecule has 7 nitrogen and oxygen atoms in total. The van der Waals surface area contributed by atoms with Crippen molar-refractivity contribution in [1.29, 1.82) is 0 Å². The molecule has 0 aliphatic heterocycles. The average molecular weight is 669 g/mol. The van der Waals surface area contributed by atoms with E-state index >= 15 is 0 Å². The van der Waals surface area contributed by atoms with Crippen LogP contribution in [0.4, 0.5) is 5.69 Å². The van der Waals surface area contributed by atoms with Crippen LogP contribution in [0.3, 0.4) is 0 Å². The molecule has 0 fully saturated rings. The summed E-state index contributed by atoms with van der Waals surface area (Å²) >= 11 is 15.7. The zero-order valence-corrected chi connectivity index (χ0v) is 26.6. The van der Waals surface area contributed by atoms with Crippen LogP contribution in [0.15, 0.2) is 76.1 Å². The summed E-state index contributed by atoms with van der Waals surface area (Å²) < 4.78 is 29.5. The smallest absolute Gasteiger partial charge is 0.264 e. The number of amides is 2. The van der Waals surface area contributed by atoms with E-state index in [1.54, 1.807) is 61.5 Å². The van der Waals surface area contributed by atoms with E-state index in [4.69, 9.17) is 23.2 Å². The monoisotopic (exact) mass is 667 g/mol. The van der Waals surface area contributed by atoms with Gasteiger partial charge in [0.2, 0.25) is 11.8 Å². The van der Waals surface area contributed by atoms with E-state index in [1.807, 2.05) is 20.8 Å². The number of sulfonamides is 1. The second-order valence-electron chi connectivity index (χ2n) is 9.57. The third-order valence-corrected chi connectivity index (χ3v) is 9.56. The van der Waals surface area contributed by atoms with Gasteiger partial charge in [-0.1, -0.05) is 69.8 Å². The maximum atomic E-state index is 14.0. The number of anilines is 1. The first kappa shape index (κ1) is 31.9. The Bertz CT molecular complexity index is 1450. The predicted molar refractivity (Wildman–Crippen MR) is 164 cm³/mol. The molecule has 0 aliphatic carbocycles. The number of hydrogen-bond donors (Lipinski definition) is 1. The Labute approximate surface area is 254 Å². The van der Waals surface area contributed by atoms with Crippen LogP contribution in [0.5, 0.6) is 0 Å². The number of benzene rings is 3. The molecule has 0 spiro atoms. The average Bonchev–Trinajstić information content (AvgIpc) is 2.92. The molecule has 2 amide bonds. The molecule has 0 saturated heterocycles. The van der Waals surface area contributed by atoms with Crippen LogP contribution in [0.2, 0.25) is 10.0 Å². The van der Waals surface area contributed by atoms with Crippen LogP contribution in [0.25, 0.3) is 0 Å². The summed E-state index contributed by atoms with van der Waals surface area (Å²) in [6, 6.07) is 17.0. The van der Waals surface area contributed by atoms with Gasteiger partial charge >= 0.3 is 0 Å². The number of halogens is 3. The number of nitrogens with one attached hydrogen (secondary N) is 1. The van der Waals surface area contributed by atoms with Crippen molar-refractivity contribution < 1.29 is 18.0 Å². The van der Waals surface area contributed by atoms with E-state index < -0.39 is 28.5 Å². The van der Waals surface area contributed by atoms with Gasteiger partial charge in [0.15, 0.2) is 0 Å². The summed E-state index contributed by atoms with van der Waals surface area (Å²) in [5.74, 6) is -0.907. The van der Waals surface area contributed by atoms with Crippen molar-refractivity contribution in [2.45, 2.75) is 57.6 Å². The van der Waals surface area contributed by atoms with Crippen LogP contribution < -0.4 is 9.62 Å². The predicted octanol–water partition coefficient (Wildman–Crippen LogP) is 6.59. The topological polar surface area (TPSA) is 86.8 Å². The molecule has 0 aliphatic rings. The summed E-state index contributed by atoms with van der Waals surface area (Å²) in [5, 5.41) is 3.57. The van der Waals surface area contributed by atoms with Gasteiger partial charge in [-0.15, -0.1) is 0 Å². The summed E-state index contributed by atoms with van der Waals surface area (Å²) in [5.41, 5.74) is 1.85. The van der Waals surface area contributed by atoms with E-state index in [-0.39, 0.29) is 23.4 Å². The third kappa shape index (κ3) is 8.00. The van der Waals surface area contributed by atoms with Gasteiger partial charge in [-0.05, 0) is 81.3 Å². The second kappa shape index (κ2) is 13.9. The minimum absolute atomic E-state index is 0.0174. The molecular weight excluding hydrogens is 637 g/mol. The number of carbonyl (C=O) groups excluding carboxylic acids is 2. The zero-order valence-electron chi connectivity index (χ0n) is 22.7. The minimum atomic E-state index is -4.13. The molecule has 0 aromatic heterocycles. The maximum absolute atomic E-state index is 14.0. The summed E-state index contributed by atoms with van der Waals surface area (Å²) in [6.45, 7) is 6.79. The van der Waals surface area contributed by atoms with E-state index in [9.17, 15) is 18.0 Å². The molecule has 0 saturated carbocycles. The Balaban J connectivity index is 2.03. The summed E-state index contributed by atoms with van der Waals surface area (Å²) in [4.78, 5) is 28.5. The molecule has 3 aromatic rings. The lowest BCUT2D eigenvalue weighted by atomic mass is 10.1. The standard InChI is InChI=1S/C29H32BrCl2N3O4S/c1-5-20(3)33-29(37)21(4)34(17-22-8-15-26(31)27(32)16-22)28(36)18-35(24-11-9-23(30)10-12-24)40(38,39)25-13-6-19(2)7-14-25/h6-16,20-21H,5,17-18H2,1-4H3,(H,33,37)/t20-,21+/m1/s1. The van der Waals surface area contributed by atoms with Crippen molar-refractivity contribution >= 4 is 66.7 Å². The van der Waals surface area contributed by atoms with Gasteiger partial charge in [0.1, 0.15) is 12.6 Å². The number of carbonyl (C=O) groups is 2. The van der Waals surface area contributed by atoms with Crippen molar-refractivity contribution in [3.8, 4) is 0 Å². The first-order valence-corrected chi connectivity index (χ1v) is 15.7. The Morgan fingerprint density at radius 3 is 2.15 bits per heavy atom. The van der Waals surface area contributed by atoms with Crippen LogP contribution in [-0.2, 0) is 26.2 Å². The second-order valence-corrected chi connectivity index (χ2v) is 13.2. The molecule has 0 heterocycles. The van der Waals surface area contributed by atoms with Crippen molar-refractivity contribution in [2.75, 3.05) is 10.8 Å². The lowest BCUT2D eigenvalue weighted by Crippen LogP contribution is -2.52. The van der Waals surface area contributed by atoms with Gasteiger partial charge in [-0.2, -0.15) is 0 Å². The van der Waals surface area contributed by atoms with E-state index in [1.165, 1.54) is 17.0 Å². The Kier molecular flexibility index (Phi) is 11.1. The fraction of sp³-hybridized carbons (Fsp3) is 0.310. The van der Waals surface area contributed by atoms with Crippen LogP contribution in [-0.4, -0.2) is 43.8 Å². The minimum Gasteiger partial charge on any atom is -0.352 e. The van der Waals surface area contributed by atoms with E-state index in [0.717, 1.165) is 14.3 Å². The van der Waals surface area contributed by atoms with Crippen LogP contribution in [0, 0.1) is 6.92 Å². The lowest BCUT2D eigenvalue weighted by molar-refractivity contribution is -0.139. The van der Waals surface area contributed by atoms with Crippen molar-refractivity contribution in [3.63, 3.8) is 0 Å².